The fraction of sp³-hybridized carbons (Fsp3) is 0.429. The number of furan rings is 1. The minimum Gasteiger partial charge on any atom is -0.460 e. The predicted molar refractivity (Wildman–Crippen MR) is 68.9 cm³/mol. The van der Waals surface area contributed by atoms with Gasteiger partial charge in [-0.2, -0.15) is 0 Å². The second-order valence-corrected chi connectivity index (χ2v) is 4.66. The Bertz CT molecular complexity index is 455. The molecule has 1 aliphatic carbocycles. The van der Waals surface area contributed by atoms with Crippen LogP contribution in [0.15, 0.2) is 34.7 Å². The molecule has 1 fully saturated rings. The van der Waals surface area contributed by atoms with Crippen molar-refractivity contribution in [2.24, 2.45) is 0 Å². The topological polar surface area (TPSA) is 37.2 Å². The molecule has 1 aliphatic rings. The van der Waals surface area contributed by atoms with Crippen molar-refractivity contribution in [2.75, 3.05) is 13.1 Å². The molecule has 2 N–H and O–H groups in total. The molecule has 3 nitrogen and oxygen atoms in total. The molecule has 3 rings (SSSR count). The number of hydrogen-bond acceptors (Lipinski definition) is 3. The number of para-hydroxylation sites is 1. The van der Waals surface area contributed by atoms with Crippen LogP contribution in [0.5, 0.6) is 0 Å². The van der Waals surface area contributed by atoms with Gasteiger partial charge in [0.15, 0.2) is 0 Å². The molecule has 1 aromatic carbocycles. The van der Waals surface area contributed by atoms with Crippen LogP contribution in [-0.2, 0) is 6.54 Å². The molecule has 0 bridgehead atoms. The van der Waals surface area contributed by atoms with Crippen LogP contribution in [0.2, 0.25) is 0 Å². The molecule has 2 aromatic rings. The van der Waals surface area contributed by atoms with Crippen LogP contribution >= 0.6 is 0 Å². The van der Waals surface area contributed by atoms with Crippen molar-refractivity contribution in [3.8, 4) is 0 Å². The summed E-state index contributed by atoms with van der Waals surface area (Å²) in [5.41, 5.74) is 0.973. The fourth-order valence-electron chi connectivity index (χ4n) is 1.99. The maximum atomic E-state index is 5.73. The summed E-state index contributed by atoms with van der Waals surface area (Å²) in [4.78, 5) is 0. The van der Waals surface area contributed by atoms with E-state index in [1.807, 2.05) is 18.2 Å². The van der Waals surface area contributed by atoms with Gasteiger partial charge in [-0.25, -0.2) is 0 Å². The second-order valence-electron chi connectivity index (χ2n) is 4.66. The van der Waals surface area contributed by atoms with Crippen molar-refractivity contribution in [3.05, 3.63) is 36.1 Å². The summed E-state index contributed by atoms with van der Waals surface area (Å²) < 4.78 is 5.73. The first kappa shape index (κ1) is 10.8. The molecule has 1 heterocycles. The lowest BCUT2D eigenvalue weighted by Crippen LogP contribution is -2.28. The Kier molecular flexibility index (Phi) is 3.12. The van der Waals surface area contributed by atoms with Gasteiger partial charge < -0.3 is 15.1 Å². The van der Waals surface area contributed by atoms with Crippen LogP contribution in [-0.4, -0.2) is 19.1 Å². The molecule has 90 valence electrons. The molecule has 0 radical (unpaired) electrons. The monoisotopic (exact) mass is 230 g/mol. The first-order valence-electron chi connectivity index (χ1n) is 6.33. The molecular weight excluding hydrogens is 212 g/mol. The van der Waals surface area contributed by atoms with Crippen LogP contribution < -0.4 is 10.6 Å². The van der Waals surface area contributed by atoms with E-state index in [0.29, 0.717) is 0 Å². The van der Waals surface area contributed by atoms with Crippen LogP contribution in [0.25, 0.3) is 11.0 Å². The Morgan fingerprint density at radius 1 is 1.18 bits per heavy atom. The molecule has 0 amide bonds. The minimum absolute atomic E-state index is 0.794. The molecule has 0 spiro atoms. The largest absolute Gasteiger partial charge is 0.460 e. The van der Waals surface area contributed by atoms with E-state index >= 15 is 0 Å². The molecule has 1 aromatic heterocycles. The number of hydrogen-bond donors (Lipinski definition) is 2. The molecular formula is C14H18N2O. The molecule has 0 aliphatic heterocycles. The van der Waals surface area contributed by atoms with Gasteiger partial charge in [-0.05, 0) is 25.0 Å². The Morgan fingerprint density at radius 2 is 2.06 bits per heavy atom. The normalized spacial score (nSPS) is 15.5. The van der Waals surface area contributed by atoms with Crippen molar-refractivity contribution in [2.45, 2.75) is 25.4 Å². The molecule has 3 heteroatoms. The fourth-order valence-corrected chi connectivity index (χ4v) is 1.99. The third-order valence-corrected chi connectivity index (χ3v) is 3.09. The quantitative estimate of drug-likeness (QED) is 0.748. The Balaban J connectivity index is 1.46. The highest BCUT2D eigenvalue weighted by Crippen LogP contribution is 2.19. The SMILES string of the molecule is c1ccc2oc(CNCCNC3CC3)cc2c1. The van der Waals surface area contributed by atoms with Crippen molar-refractivity contribution < 1.29 is 4.42 Å². The van der Waals surface area contributed by atoms with E-state index in [1.165, 1.54) is 18.2 Å². The van der Waals surface area contributed by atoms with Crippen molar-refractivity contribution in [3.63, 3.8) is 0 Å². The zero-order valence-electron chi connectivity index (χ0n) is 9.91. The maximum absolute atomic E-state index is 5.73. The highest BCUT2D eigenvalue weighted by Gasteiger charge is 2.19. The number of nitrogens with one attached hydrogen (secondary N) is 2. The summed E-state index contributed by atoms with van der Waals surface area (Å²) in [7, 11) is 0. The van der Waals surface area contributed by atoms with Crippen LogP contribution in [0.4, 0.5) is 0 Å². The standard InChI is InChI=1S/C14H18N2O/c1-2-4-14-11(3-1)9-13(17-14)10-15-7-8-16-12-5-6-12/h1-4,9,12,15-16H,5-8,10H2. The van der Waals surface area contributed by atoms with E-state index in [0.717, 1.165) is 37.0 Å². The Hall–Kier alpha value is -1.32. The summed E-state index contributed by atoms with van der Waals surface area (Å²) in [5.74, 6) is 1.01. The third kappa shape index (κ3) is 2.87. The average molecular weight is 230 g/mol. The van der Waals surface area contributed by atoms with Crippen LogP contribution in [0.3, 0.4) is 0 Å². The number of fused-ring (bicyclic) bond motifs is 1. The van der Waals surface area contributed by atoms with E-state index in [9.17, 15) is 0 Å². The van der Waals surface area contributed by atoms with Gasteiger partial charge in [0, 0.05) is 24.5 Å². The van der Waals surface area contributed by atoms with Gasteiger partial charge in [-0.1, -0.05) is 18.2 Å². The molecule has 17 heavy (non-hydrogen) atoms. The summed E-state index contributed by atoms with van der Waals surface area (Å²) >= 11 is 0. The van der Waals surface area contributed by atoms with Gasteiger partial charge in [0.2, 0.25) is 0 Å². The van der Waals surface area contributed by atoms with Crippen LogP contribution in [0, 0.1) is 0 Å². The van der Waals surface area contributed by atoms with Gasteiger partial charge in [-0.3, -0.25) is 0 Å². The van der Waals surface area contributed by atoms with Crippen molar-refractivity contribution in [1.29, 1.82) is 0 Å². The van der Waals surface area contributed by atoms with Gasteiger partial charge in [-0.15, -0.1) is 0 Å². The lowest BCUT2D eigenvalue weighted by Gasteiger charge is -2.03. The first-order chi connectivity index (χ1) is 8.42. The zero-order chi connectivity index (χ0) is 11.5. The van der Waals surface area contributed by atoms with E-state index < -0.39 is 0 Å². The lowest BCUT2D eigenvalue weighted by atomic mass is 10.2. The van der Waals surface area contributed by atoms with E-state index in [-0.39, 0.29) is 0 Å². The van der Waals surface area contributed by atoms with E-state index in [2.05, 4.69) is 22.8 Å². The lowest BCUT2D eigenvalue weighted by molar-refractivity contribution is 0.507. The molecule has 0 saturated heterocycles. The first-order valence-corrected chi connectivity index (χ1v) is 6.33. The van der Waals surface area contributed by atoms with Crippen LogP contribution in [0.1, 0.15) is 18.6 Å². The van der Waals surface area contributed by atoms with Gasteiger partial charge in [0.1, 0.15) is 11.3 Å². The second kappa shape index (κ2) is 4.90. The smallest absolute Gasteiger partial charge is 0.134 e. The van der Waals surface area contributed by atoms with E-state index in [4.69, 9.17) is 4.42 Å². The maximum Gasteiger partial charge on any atom is 0.134 e. The average Bonchev–Trinajstić information content (AvgIpc) is 3.07. The zero-order valence-corrected chi connectivity index (χ0v) is 9.91. The van der Waals surface area contributed by atoms with E-state index in [1.54, 1.807) is 0 Å². The third-order valence-electron chi connectivity index (χ3n) is 3.09. The van der Waals surface area contributed by atoms with Gasteiger partial charge >= 0.3 is 0 Å². The summed E-state index contributed by atoms with van der Waals surface area (Å²) in [5, 5.41) is 8.05. The Labute approximate surface area is 101 Å². The number of benzene rings is 1. The van der Waals surface area contributed by atoms with Crippen molar-refractivity contribution >= 4 is 11.0 Å². The van der Waals surface area contributed by atoms with Gasteiger partial charge in [0.25, 0.3) is 0 Å². The van der Waals surface area contributed by atoms with Crippen molar-refractivity contribution in [1.82, 2.24) is 10.6 Å². The molecule has 0 atom stereocenters. The number of rotatable bonds is 6. The summed E-state index contributed by atoms with van der Waals surface area (Å²) in [6.45, 7) is 2.85. The predicted octanol–water partition coefficient (Wildman–Crippen LogP) is 2.27. The highest BCUT2D eigenvalue weighted by molar-refractivity contribution is 5.77. The molecule has 1 saturated carbocycles. The van der Waals surface area contributed by atoms with Gasteiger partial charge in [0.05, 0.1) is 6.54 Å². The highest BCUT2D eigenvalue weighted by atomic mass is 16.3. The minimum atomic E-state index is 0.794. The summed E-state index contributed by atoms with van der Waals surface area (Å²) in [6, 6.07) is 11.0. The summed E-state index contributed by atoms with van der Waals surface area (Å²) in [6.07, 6.45) is 2.70. The molecule has 0 unspecified atom stereocenters. The Morgan fingerprint density at radius 3 is 2.88 bits per heavy atom.